The molecular formula is C7H5Cl2FN2O. The van der Waals surface area contributed by atoms with Crippen molar-refractivity contribution in [1.29, 1.82) is 0 Å². The third-order valence-corrected chi connectivity index (χ3v) is 2.05. The lowest BCUT2D eigenvalue weighted by molar-refractivity contribution is -0.114. The SMILES string of the molecule is CC(=O)Nc1ncc(F)c(Cl)c1Cl. The molecule has 0 aromatic carbocycles. The first-order valence-corrected chi connectivity index (χ1v) is 4.05. The monoisotopic (exact) mass is 222 g/mol. The van der Waals surface area contributed by atoms with Crippen molar-refractivity contribution in [3.8, 4) is 0 Å². The molecule has 0 unspecified atom stereocenters. The molecule has 70 valence electrons. The summed E-state index contributed by atoms with van der Waals surface area (Å²) in [5.74, 6) is -1.02. The van der Waals surface area contributed by atoms with Gasteiger partial charge in [-0.15, -0.1) is 0 Å². The maximum atomic E-state index is 12.7. The van der Waals surface area contributed by atoms with Gasteiger partial charge in [0.1, 0.15) is 10.0 Å². The van der Waals surface area contributed by atoms with Crippen LogP contribution in [0.5, 0.6) is 0 Å². The highest BCUT2D eigenvalue weighted by Gasteiger charge is 2.11. The van der Waals surface area contributed by atoms with Crippen LogP contribution in [0.15, 0.2) is 6.20 Å². The smallest absolute Gasteiger partial charge is 0.222 e. The molecule has 1 amide bonds. The molecule has 0 spiro atoms. The number of hydrogen-bond acceptors (Lipinski definition) is 2. The first-order chi connectivity index (χ1) is 6.02. The Morgan fingerprint density at radius 1 is 1.54 bits per heavy atom. The second-order valence-electron chi connectivity index (χ2n) is 2.26. The molecule has 1 aromatic rings. The number of pyridine rings is 1. The molecule has 0 aliphatic rings. The van der Waals surface area contributed by atoms with Crippen LogP contribution in [0.2, 0.25) is 10.0 Å². The number of anilines is 1. The second kappa shape index (κ2) is 3.89. The summed E-state index contributed by atoms with van der Waals surface area (Å²) in [7, 11) is 0. The summed E-state index contributed by atoms with van der Waals surface area (Å²) in [6, 6.07) is 0. The van der Waals surface area contributed by atoms with E-state index in [0.29, 0.717) is 0 Å². The predicted molar refractivity (Wildman–Crippen MR) is 48.5 cm³/mol. The van der Waals surface area contributed by atoms with Crippen LogP contribution in [0, 0.1) is 5.82 Å². The van der Waals surface area contributed by atoms with E-state index in [1.54, 1.807) is 0 Å². The van der Waals surface area contributed by atoms with E-state index in [0.717, 1.165) is 6.20 Å². The third kappa shape index (κ3) is 2.29. The first kappa shape index (κ1) is 10.2. The van der Waals surface area contributed by atoms with E-state index in [2.05, 4.69) is 10.3 Å². The summed E-state index contributed by atoms with van der Waals surface area (Å²) in [6.07, 6.45) is 0.888. The van der Waals surface area contributed by atoms with Crippen molar-refractivity contribution in [2.75, 3.05) is 5.32 Å². The van der Waals surface area contributed by atoms with E-state index in [9.17, 15) is 9.18 Å². The van der Waals surface area contributed by atoms with Crippen LogP contribution in [0.3, 0.4) is 0 Å². The van der Waals surface area contributed by atoms with Gasteiger partial charge in [-0.2, -0.15) is 0 Å². The van der Waals surface area contributed by atoms with Crippen molar-refractivity contribution in [1.82, 2.24) is 4.98 Å². The number of carbonyl (C=O) groups is 1. The molecule has 0 aliphatic heterocycles. The van der Waals surface area contributed by atoms with Gasteiger partial charge in [0, 0.05) is 6.92 Å². The first-order valence-electron chi connectivity index (χ1n) is 3.29. The number of halogens is 3. The Bertz CT molecular complexity index is 357. The standard InChI is InChI=1S/C7H5Cl2FN2O/c1-3(13)12-7-6(9)5(8)4(10)2-11-7/h2H,1H3,(H,11,12,13). The molecule has 1 rings (SSSR count). The summed E-state index contributed by atoms with van der Waals surface area (Å²) < 4.78 is 12.7. The highest BCUT2D eigenvalue weighted by molar-refractivity contribution is 6.43. The van der Waals surface area contributed by atoms with Crippen molar-refractivity contribution in [3.05, 3.63) is 22.1 Å². The lowest BCUT2D eigenvalue weighted by Gasteiger charge is -2.04. The number of carbonyl (C=O) groups excluding carboxylic acids is 1. The number of nitrogens with zero attached hydrogens (tertiary/aromatic N) is 1. The Labute approximate surface area is 83.9 Å². The quantitative estimate of drug-likeness (QED) is 0.794. The zero-order valence-electron chi connectivity index (χ0n) is 6.57. The Morgan fingerprint density at radius 3 is 2.69 bits per heavy atom. The molecule has 0 atom stereocenters. The lowest BCUT2D eigenvalue weighted by Crippen LogP contribution is -2.08. The Morgan fingerprint density at radius 2 is 2.15 bits per heavy atom. The van der Waals surface area contributed by atoms with Gasteiger partial charge in [-0.3, -0.25) is 4.79 Å². The molecule has 3 nitrogen and oxygen atoms in total. The Balaban J connectivity index is 3.10. The summed E-state index contributed by atoms with van der Waals surface area (Å²) in [5.41, 5.74) is 0. The zero-order valence-corrected chi connectivity index (χ0v) is 8.08. The van der Waals surface area contributed by atoms with Gasteiger partial charge in [-0.05, 0) is 0 Å². The van der Waals surface area contributed by atoms with E-state index in [1.807, 2.05) is 0 Å². The molecule has 0 radical (unpaired) electrons. The van der Waals surface area contributed by atoms with Crippen LogP contribution in [0.1, 0.15) is 6.92 Å². The van der Waals surface area contributed by atoms with Gasteiger partial charge >= 0.3 is 0 Å². The minimum atomic E-state index is -0.722. The van der Waals surface area contributed by atoms with Crippen LogP contribution in [-0.2, 0) is 4.79 Å². The molecule has 1 heterocycles. The normalized spacial score (nSPS) is 9.85. The van der Waals surface area contributed by atoms with Crippen LogP contribution < -0.4 is 5.32 Å². The number of amides is 1. The summed E-state index contributed by atoms with van der Waals surface area (Å²) in [6.45, 7) is 1.29. The van der Waals surface area contributed by atoms with Crippen LogP contribution >= 0.6 is 23.2 Å². The molecule has 13 heavy (non-hydrogen) atoms. The highest BCUT2D eigenvalue weighted by atomic mass is 35.5. The van der Waals surface area contributed by atoms with Crippen molar-refractivity contribution in [2.24, 2.45) is 0 Å². The van der Waals surface area contributed by atoms with Gasteiger partial charge in [-0.25, -0.2) is 9.37 Å². The minimum Gasteiger partial charge on any atom is -0.310 e. The summed E-state index contributed by atoms with van der Waals surface area (Å²) in [5, 5.41) is 1.96. The van der Waals surface area contributed by atoms with Crippen molar-refractivity contribution < 1.29 is 9.18 Å². The van der Waals surface area contributed by atoms with Crippen LogP contribution in [-0.4, -0.2) is 10.9 Å². The maximum absolute atomic E-state index is 12.7. The van der Waals surface area contributed by atoms with E-state index >= 15 is 0 Å². The van der Waals surface area contributed by atoms with E-state index < -0.39 is 5.82 Å². The number of aromatic nitrogens is 1. The average Bonchev–Trinajstić information content (AvgIpc) is 2.06. The largest absolute Gasteiger partial charge is 0.310 e. The fraction of sp³-hybridized carbons (Fsp3) is 0.143. The van der Waals surface area contributed by atoms with Gasteiger partial charge in [0.05, 0.1) is 6.20 Å². The fourth-order valence-electron chi connectivity index (χ4n) is 0.697. The average molecular weight is 223 g/mol. The molecule has 0 saturated carbocycles. The second-order valence-corrected chi connectivity index (χ2v) is 3.02. The van der Waals surface area contributed by atoms with E-state index in [4.69, 9.17) is 23.2 Å². The molecular weight excluding hydrogens is 218 g/mol. The molecule has 1 aromatic heterocycles. The summed E-state index contributed by atoms with van der Waals surface area (Å²) in [4.78, 5) is 14.2. The van der Waals surface area contributed by atoms with Crippen molar-refractivity contribution >= 4 is 34.9 Å². The van der Waals surface area contributed by atoms with Crippen molar-refractivity contribution in [3.63, 3.8) is 0 Å². The molecule has 6 heteroatoms. The third-order valence-electron chi connectivity index (χ3n) is 1.21. The Kier molecular flexibility index (Phi) is 3.06. The number of rotatable bonds is 1. The van der Waals surface area contributed by atoms with Gasteiger partial charge in [0.15, 0.2) is 11.6 Å². The molecule has 0 bridgehead atoms. The minimum absolute atomic E-state index is 0.0561. The summed E-state index contributed by atoms with van der Waals surface area (Å²) >= 11 is 11.1. The molecule has 1 N–H and O–H groups in total. The van der Waals surface area contributed by atoms with Gasteiger partial charge in [0.25, 0.3) is 0 Å². The van der Waals surface area contributed by atoms with E-state index in [1.165, 1.54) is 6.92 Å². The number of hydrogen-bond donors (Lipinski definition) is 1. The fourth-order valence-corrected chi connectivity index (χ4v) is 1.02. The van der Waals surface area contributed by atoms with E-state index in [-0.39, 0.29) is 21.8 Å². The zero-order chi connectivity index (χ0) is 10.0. The highest BCUT2D eigenvalue weighted by Crippen LogP contribution is 2.29. The number of nitrogens with one attached hydrogen (secondary N) is 1. The maximum Gasteiger partial charge on any atom is 0.222 e. The van der Waals surface area contributed by atoms with Crippen molar-refractivity contribution in [2.45, 2.75) is 6.92 Å². The van der Waals surface area contributed by atoms with Crippen LogP contribution in [0.4, 0.5) is 10.2 Å². The van der Waals surface area contributed by atoms with Gasteiger partial charge in [-0.1, -0.05) is 23.2 Å². The van der Waals surface area contributed by atoms with Crippen LogP contribution in [0.25, 0.3) is 0 Å². The Hall–Kier alpha value is -0.870. The van der Waals surface area contributed by atoms with Gasteiger partial charge in [0.2, 0.25) is 5.91 Å². The van der Waals surface area contributed by atoms with Gasteiger partial charge < -0.3 is 5.32 Å². The molecule has 0 fully saturated rings. The predicted octanol–water partition coefficient (Wildman–Crippen LogP) is 2.49. The molecule has 0 aliphatic carbocycles. The topological polar surface area (TPSA) is 42.0 Å². The lowest BCUT2D eigenvalue weighted by atomic mass is 10.4. The molecule has 0 saturated heterocycles.